The van der Waals surface area contributed by atoms with Gasteiger partial charge in [-0.25, -0.2) is 9.48 Å². The van der Waals surface area contributed by atoms with Gasteiger partial charge in [-0.1, -0.05) is 19.9 Å². The number of amides is 2. The van der Waals surface area contributed by atoms with Gasteiger partial charge in [0.05, 0.1) is 31.2 Å². The van der Waals surface area contributed by atoms with Crippen LogP contribution in [0.1, 0.15) is 91.1 Å². The van der Waals surface area contributed by atoms with Gasteiger partial charge in [0, 0.05) is 25.7 Å². The fourth-order valence-electron chi connectivity index (χ4n) is 9.50. The molecule has 0 radical (unpaired) electrons. The van der Waals surface area contributed by atoms with Crippen LogP contribution in [-0.4, -0.2) is 95.5 Å². The molecule has 0 spiro atoms. The molecule has 3 aromatic rings. The van der Waals surface area contributed by atoms with Gasteiger partial charge in [-0.2, -0.15) is 5.10 Å². The molecule has 2 aromatic carbocycles. The molecule has 2 amide bonds. The number of hydrogen-bond donors (Lipinski definition) is 2. The number of carboxylic acid groups (broad SMARTS) is 1. The second-order valence-electron chi connectivity index (χ2n) is 15.1. The monoisotopic (exact) mass is 733 g/mol. The highest BCUT2D eigenvalue weighted by atomic mass is 35.5. The van der Waals surface area contributed by atoms with Crippen molar-refractivity contribution in [2.45, 2.75) is 70.3 Å². The predicted octanol–water partition coefficient (Wildman–Crippen LogP) is 6.28. The summed E-state index contributed by atoms with van der Waals surface area (Å²) in [7, 11) is 5.01. The number of carbonyl (C=O) groups excluding carboxylic acids is 2. The molecule has 1 aromatic heterocycles. The summed E-state index contributed by atoms with van der Waals surface area (Å²) in [6.07, 6.45) is 6.46. The number of methoxy groups -OCH3 is 2. The number of carbonyl (C=O) groups is 3. The lowest BCUT2D eigenvalue weighted by atomic mass is 9.48. The number of nitrogens with one attached hydrogen (secondary N) is 1. The zero-order chi connectivity index (χ0) is 36.0. The highest BCUT2D eigenvalue weighted by Crippen LogP contribution is 2.58. The molecule has 4 bridgehead atoms. The van der Waals surface area contributed by atoms with Gasteiger partial charge in [0.1, 0.15) is 17.0 Å². The summed E-state index contributed by atoms with van der Waals surface area (Å²) < 4.78 is 13.4. The first-order chi connectivity index (χ1) is 24.6. The lowest BCUT2D eigenvalue weighted by molar-refractivity contribution is -0.163. The van der Waals surface area contributed by atoms with Gasteiger partial charge >= 0.3 is 5.97 Å². The van der Waals surface area contributed by atoms with Crippen LogP contribution >= 0.6 is 12.4 Å². The molecule has 2 N–H and O–H groups in total. The third-order valence-electron chi connectivity index (χ3n) is 12.2. The largest absolute Gasteiger partial charge is 0.496 e. The number of likely N-dealkylation sites (N-methyl/N-ethyl adjacent to an activating group) is 2. The van der Waals surface area contributed by atoms with Crippen molar-refractivity contribution in [3.8, 4) is 28.4 Å². The maximum atomic E-state index is 14.3. The number of ether oxygens (including phenoxy) is 2. The van der Waals surface area contributed by atoms with Crippen LogP contribution in [0.2, 0.25) is 0 Å². The average Bonchev–Trinajstić information content (AvgIpc) is 3.89. The summed E-state index contributed by atoms with van der Waals surface area (Å²) in [5.41, 5.74) is 2.33. The summed E-state index contributed by atoms with van der Waals surface area (Å²) in [6, 6.07) is 12.9. The fraction of sp³-hybridized carbons (Fsp3) is 0.550. The van der Waals surface area contributed by atoms with E-state index in [0.717, 1.165) is 69.4 Å². The first kappa shape index (κ1) is 37.7. The zero-order valence-electron chi connectivity index (χ0n) is 30.9. The van der Waals surface area contributed by atoms with Gasteiger partial charge in [-0.3, -0.25) is 9.59 Å². The number of halogens is 1. The molecular weight excluding hydrogens is 682 g/mol. The Labute approximate surface area is 312 Å². The Bertz CT molecular complexity index is 1770. The maximum absolute atomic E-state index is 14.3. The molecule has 5 aliphatic rings. The standard InChI is InChI=1S/C40H51N5O6.ClH/c1-6-44(7-2)16-15-43(3)38(47)27-13-14-32(30(22-27)26-11-12-26)45-33(36-34(50-4)9-8-10-35(36)51-5)23-31(42-45)37(46)41-40(39(48)49)28-18-24-17-25(20-28)21-29(40)19-24;/h8-10,13-14,22-26,28-29H,6-7,11-12,15-21H2,1-5H3,(H,41,46)(H,48,49);1H. The van der Waals surface area contributed by atoms with Gasteiger partial charge in [-0.15, -0.1) is 12.4 Å². The number of carboxylic acids is 1. The van der Waals surface area contributed by atoms with E-state index in [2.05, 4.69) is 24.1 Å². The van der Waals surface area contributed by atoms with E-state index in [4.69, 9.17) is 14.6 Å². The van der Waals surface area contributed by atoms with Crippen LogP contribution in [0.15, 0.2) is 42.5 Å². The molecule has 11 nitrogen and oxygen atoms in total. The van der Waals surface area contributed by atoms with Crippen molar-refractivity contribution >= 4 is 30.2 Å². The van der Waals surface area contributed by atoms with Crippen LogP contribution in [0.25, 0.3) is 16.9 Å². The number of rotatable bonds is 14. The van der Waals surface area contributed by atoms with E-state index in [1.54, 1.807) is 29.9 Å². The number of benzene rings is 2. The lowest BCUT2D eigenvalue weighted by Crippen LogP contribution is -2.70. The summed E-state index contributed by atoms with van der Waals surface area (Å²) >= 11 is 0. The number of hydrogen-bond acceptors (Lipinski definition) is 7. The molecule has 5 aliphatic carbocycles. The van der Waals surface area contributed by atoms with Gasteiger partial charge in [0.2, 0.25) is 0 Å². The Kier molecular flexibility index (Phi) is 10.9. The summed E-state index contributed by atoms with van der Waals surface area (Å²) in [5, 5.41) is 18.7. The van der Waals surface area contributed by atoms with Crippen molar-refractivity contribution in [2.75, 3.05) is 47.4 Å². The first-order valence-electron chi connectivity index (χ1n) is 18.6. The molecule has 0 aliphatic heterocycles. The maximum Gasteiger partial charge on any atom is 0.330 e. The van der Waals surface area contributed by atoms with Crippen molar-refractivity contribution in [1.29, 1.82) is 0 Å². The van der Waals surface area contributed by atoms with E-state index in [9.17, 15) is 19.5 Å². The van der Waals surface area contributed by atoms with Crippen molar-refractivity contribution in [3.05, 3.63) is 59.3 Å². The van der Waals surface area contributed by atoms with Crippen molar-refractivity contribution in [2.24, 2.45) is 23.7 Å². The number of aromatic nitrogens is 2. The van der Waals surface area contributed by atoms with Crippen LogP contribution in [-0.2, 0) is 4.79 Å². The number of aliphatic carboxylic acids is 1. The Morgan fingerprint density at radius 2 is 1.54 bits per heavy atom. The number of nitrogens with zero attached hydrogens (tertiary/aromatic N) is 4. The summed E-state index contributed by atoms with van der Waals surface area (Å²) in [4.78, 5) is 45.2. The Morgan fingerprint density at radius 1 is 0.923 bits per heavy atom. The zero-order valence-corrected chi connectivity index (χ0v) is 31.7. The van der Waals surface area contributed by atoms with E-state index < -0.39 is 17.4 Å². The SMILES string of the molecule is CCN(CC)CCN(C)C(=O)c1ccc(-n2nc(C(=O)NC3(C(=O)O)C4CC5CC(C4)CC3C5)cc2-c2c(OC)cccc2OC)c(C2CC2)c1.Cl. The molecule has 12 heteroatoms. The van der Waals surface area contributed by atoms with Crippen molar-refractivity contribution in [3.63, 3.8) is 0 Å². The molecule has 280 valence electrons. The highest BCUT2D eigenvalue weighted by Gasteiger charge is 2.62. The van der Waals surface area contributed by atoms with E-state index >= 15 is 0 Å². The normalized spacial score (nSPS) is 24.3. The Morgan fingerprint density at radius 3 is 2.08 bits per heavy atom. The third kappa shape index (κ3) is 6.66. The topological polar surface area (TPSA) is 126 Å². The van der Waals surface area contributed by atoms with E-state index in [1.807, 2.05) is 43.4 Å². The molecular formula is C40H52ClN5O6. The molecule has 8 rings (SSSR count). The highest BCUT2D eigenvalue weighted by molar-refractivity contribution is 5.98. The molecule has 52 heavy (non-hydrogen) atoms. The van der Waals surface area contributed by atoms with Gasteiger partial charge in [0.15, 0.2) is 5.69 Å². The average molecular weight is 734 g/mol. The van der Waals surface area contributed by atoms with E-state index in [0.29, 0.717) is 46.7 Å². The van der Waals surface area contributed by atoms with Gasteiger partial charge in [-0.05, 0) is 130 Å². The van der Waals surface area contributed by atoms with Gasteiger partial charge in [0.25, 0.3) is 11.8 Å². The van der Waals surface area contributed by atoms with Crippen LogP contribution in [0.3, 0.4) is 0 Å². The van der Waals surface area contributed by atoms with Crippen LogP contribution in [0.4, 0.5) is 0 Å². The summed E-state index contributed by atoms with van der Waals surface area (Å²) in [6.45, 7) is 7.54. The van der Waals surface area contributed by atoms with Crippen LogP contribution in [0, 0.1) is 23.7 Å². The Balaban J connectivity index is 0.00000464. The van der Waals surface area contributed by atoms with E-state index in [-0.39, 0.29) is 41.8 Å². The van der Waals surface area contributed by atoms with Gasteiger partial charge < -0.3 is 29.7 Å². The third-order valence-corrected chi connectivity index (χ3v) is 12.2. The molecule has 5 fully saturated rings. The second kappa shape index (κ2) is 15.1. The molecule has 0 saturated heterocycles. The predicted molar refractivity (Wildman–Crippen MR) is 201 cm³/mol. The minimum atomic E-state index is -1.31. The van der Waals surface area contributed by atoms with Crippen molar-refractivity contribution in [1.82, 2.24) is 24.9 Å². The Hall–Kier alpha value is -4.09. The van der Waals surface area contributed by atoms with Crippen LogP contribution in [0.5, 0.6) is 11.5 Å². The summed E-state index contributed by atoms with van der Waals surface area (Å²) in [5.74, 6) is 0.716. The minimum absolute atomic E-state index is 0. The molecule has 0 atom stereocenters. The smallest absolute Gasteiger partial charge is 0.330 e. The molecule has 5 saturated carbocycles. The fourth-order valence-corrected chi connectivity index (χ4v) is 9.50. The quantitative estimate of drug-likeness (QED) is 0.198. The first-order valence-corrected chi connectivity index (χ1v) is 18.6. The lowest BCUT2D eigenvalue weighted by Gasteiger charge is -2.59. The second-order valence-corrected chi connectivity index (χ2v) is 15.1. The minimum Gasteiger partial charge on any atom is -0.496 e. The molecule has 0 unspecified atom stereocenters. The van der Waals surface area contributed by atoms with Crippen LogP contribution < -0.4 is 14.8 Å². The van der Waals surface area contributed by atoms with E-state index in [1.165, 1.54) is 6.42 Å². The molecule has 1 heterocycles. The van der Waals surface area contributed by atoms with Crippen molar-refractivity contribution < 1.29 is 29.0 Å².